The van der Waals surface area contributed by atoms with Crippen molar-refractivity contribution in [2.75, 3.05) is 6.61 Å². The predicted molar refractivity (Wildman–Crippen MR) is 75.5 cm³/mol. The van der Waals surface area contributed by atoms with Gasteiger partial charge in [-0.25, -0.2) is 8.78 Å². The lowest BCUT2D eigenvalue weighted by molar-refractivity contribution is -0.179. The van der Waals surface area contributed by atoms with Crippen LogP contribution in [0, 0.1) is 0 Å². The van der Waals surface area contributed by atoms with Gasteiger partial charge < -0.3 is 9.47 Å². The Bertz CT molecular complexity index is 355. The van der Waals surface area contributed by atoms with Gasteiger partial charge in [0.25, 0.3) is 0 Å². The first kappa shape index (κ1) is 21.7. The number of carbonyl (C=O) groups is 2. The van der Waals surface area contributed by atoms with Crippen LogP contribution in [0.15, 0.2) is 0 Å². The first-order valence-electron chi connectivity index (χ1n) is 7.74. The molecule has 0 aliphatic heterocycles. The minimum Gasteiger partial charge on any atom is -0.462 e. The van der Waals surface area contributed by atoms with Crippen LogP contribution in [-0.4, -0.2) is 37.0 Å². The van der Waals surface area contributed by atoms with Crippen LogP contribution < -0.4 is 0 Å². The monoisotopic (exact) mass is 344 g/mol. The van der Waals surface area contributed by atoms with Gasteiger partial charge in [0.1, 0.15) is 6.10 Å². The Balaban J connectivity index is 3.96. The lowest BCUT2D eigenvalue weighted by atomic mass is 10.1. The summed E-state index contributed by atoms with van der Waals surface area (Å²) in [6, 6.07) is 0. The van der Waals surface area contributed by atoms with Gasteiger partial charge in [0.15, 0.2) is 6.61 Å². The molecule has 0 heterocycles. The van der Waals surface area contributed by atoms with E-state index in [2.05, 4.69) is 4.74 Å². The van der Waals surface area contributed by atoms with Gasteiger partial charge in [0, 0.05) is 12.8 Å². The Kier molecular flexibility index (Phi) is 10.6. The molecule has 0 aromatic heterocycles. The molecule has 0 N–H and O–H groups in total. The second kappa shape index (κ2) is 11.2. The average Bonchev–Trinajstić information content (AvgIpc) is 2.45. The zero-order chi connectivity index (χ0) is 17.9. The Morgan fingerprint density at radius 3 is 2.00 bits per heavy atom. The van der Waals surface area contributed by atoms with E-state index in [1.165, 1.54) is 0 Å². The van der Waals surface area contributed by atoms with E-state index in [1.54, 1.807) is 0 Å². The number of hydrogen-bond acceptors (Lipinski definition) is 4. The lowest BCUT2D eigenvalue weighted by Crippen LogP contribution is -2.33. The molecule has 0 rings (SSSR count). The number of hydrogen-bond donors (Lipinski definition) is 0. The summed E-state index contributed by atoms with van der Waals surface area (Å²) in [5, 5.41) is 0. The molecule has 0 spiro atoms. The Morgan fingerprint density at radius 2 is 1.52 bits per heavy atom. The fraction of sp³-hybridized carbons (Fsp3) is 0.867. The molecular weight excluding hydrogens is 320 g/mol. The molecule has 0 fully saturated rings. The van der Waals surface area contributed by atoms with Gasteiger partial charge in [-0.2, -0.15) is 8.78 Å². The van der Waals surface area contributed by atoms with Gasteiger partial charge in [-0.1, -0.05) is 26.7 Å². The molecule has 0 amide bonds. The van der Waals surface area contributed by atoms with E-state index in [9.17, 15) is 27.2 Å². The van der Waals surface area contributed by atoms with E-state index >= 15 is 0 Å². The van der Waals surface area contributed by atoms with Crippen LogP contribution in [0.3, 0.4) is 0 Å². The van der Waals surface area contributed by atoms with Crippen molar-refractivity contribution in [1.29, 1.82) is 0 Å². The Labute approximate surface area is 133 Å². The Morgan fingerprint density at radius 1 is 1.00 bits per heavy atom. The van der Waals surface area contributed by atoms with E-state index in [1.807, 2.05) is 13.8 Å². The van der Waals surface area contributed by atoms with Crippen molar-refractivity contribution in [2.24, 2.45) is 0 Å². The van der Waals surface area contributed by atoms with Crippen LogP contribution in [-0.2, 0) is 19.1 Å². The zero-order valence-corrected chi connectivity index (χ0v) is 13.5. The standard InChI is InChI=1S/C15H24F4O4/c1-3-6-11(7-4-2)23-13(21)9-5-8-12(20)22-10-15(18,19)14(16)17/h11,14H,3-10H2,1-2H3. The lowest BCUT2D eigenvalue weighted by Gasteiger charge is -2.16. The van der Waals surface area contributed by atoms with Crippen LogP contribution >= 0.6 is 0 Å². The zero-order valence-electron chi connectivity index (χ0n) is 13.5. The molecule has 0 saturated heterocycles. The molecule has 0 aliphatic carbocycles. The molecule has 0 bridgehead atoms. The maximum Gasteiger partial charge on any atom is 0.340 e. The van der Waals surface area contributed by atoms with Crippen LogP contribution in [0.4, 0.5) is 17.6 Å². The highest BCUT2D eigenvalue weighted by molar-refractivity contribution is 5.72. The summed E-state index contributed by atoms with van der Waals surface area (Å²) in [6.07, 6.45) is -1.08. The van der Waals surface area contributed by atoms with Crippen molar-refractivity contribution in [3.05, 3.63) is 0 Å². The molecular formula is C15H24F4O4. The first-order valence-corrected chi connectivity index (χ1v) is 7.74. The number of alkyl halides is 4. The number of esters is 2. The topological polar surface area (TPSA) is 52.6 Å². The second-order valence-corrected chi connectivity index (χ2v) is 5.27. The fourth-order valence-electron chi connectivity index (χ4n) is 1.84. The minimum absolute atomic E-state index is 0.0513. The third kappa shape index (κ3) is 10.1. The first-order chi connectivity index (χ1) is 10.7. The van der Waals surface area contributed by atoms with Gasteiger partial charge in [0.2, 0.25) is 0 Å². The van der Waals surface area contributed by atoms with Crippen LogP contribution in [0.5, 0.6) is 0 Å². The minimum atomic E-state index is -4.36. The quantitative estimate of drug-likeness (QED) is 0.395. The van der Waals surface area contributed by atoms with Crippen LogP contribution in [0.1, 0.15) is 58.8 Å². The molecule has 0 atom stereocenters. The number of ether oxygens (including phenoxy) is 2. The van der Waals surface area contributed by atoms with Gasteiger partial charge in [-0.3, -0.25) is 9.59 Å². The van der Waals surface area contributed by atoms with Crippen molar-refractivity contribution in [3.63, 3.8) is 0 Å². The predicted octanol–water partition coefficient (Wildman–Crippen LogP) is 4.11. The average molecular weight is 344 g/mol. The maximum absolute atomic E-state index is 12.5. The van der Waals surface area contributed by atoms with E-state index < -0.39 is 30.9 Å². The summed E-state index contributed by atoms with van der Waals surface area (Å²) in [7, 11) is 0. The van der Waals surface area contributed by atoms with Crippen molar-refractivity contribution >= 4 is 11.9 Å². The molecule has 0 aliphatic rings. The fourth-order valence-corrected chi connectivity index (χ4v) is 1.84. The number of carbonyl (C=O) groups excluding carboxylic acids is 2. The van der Waals surface area contributed by atoms with Gasteiger partial charge >= 0.3 is 24.3 Å². The van der Waals surface area contributed by atoms with Crippen LogP contribution in [0.25, 0.3) is 0 Å². The van der Waals surface area contributed by atoms with E-state index in [0.717, 1.165) is 25.7 Å². The third-order valence-corrected chi connectivity index (χ3v) is 3.03. The normalized spacial score (nSPS) is 11.8. The molecule has 136 valence electrons. The SMILES string of the molecule is CCCC(CCC)OC(=O)CCCC(=O)OCC(F)(F)C(F)F. The summed E-state index contributed by atoms with van der Waals surface area (Å²) in [4.78, 5) is 22.8. The van der Waals surface area contributed by atoms with E-state index in [4.69, 9.17) is 4.74 Å². The molecule has 4 nitrogen and oxygen atoms in total. The summed E-state index contributed by atoms with van der Waals surface area (Å²) in [6.45, 7) is 2.28. The van der Waals surface area contributed by atoms with Crippen molar-refractivity contribution in [2.45, 2.75) is 77.2 Å². The molecule has 8 heteroatoms. The summed E-state index contributed by atoms with van der Waals surface area (Å²) in [5.74, 6) is -5.87. The third-order valence-electron chi connectivity index (χ3n) is 3.03. The van der Waals surface area contributed by atoms with E-state index in [0.29, 0.717) is 0 Å². The molecule has 23 heavy (non-hydrogen) atoms. The number of rotatable bonds is 12. The van der Waals surface area contributed by atoms with E-state index in [-0.39, 0.29) is 25.4 Å². The number of halogens is 4. The molecule has 0 saturated carbocycles. The smallest absolute Gasteiger partial charge is 0.340 e. The van der Waals surface area contributed by atoms with Gasteiger partial charge in [-0.15, -0.1) is 0 Å². The highest BCUT2D eigenvalue weighted by atomic mass is 19.3. The summed E-state index contributed by atoms with van der Waals surface area (Å²) < 4.78 is 58.2. The van der Waals surface area contributed by atoms with Crippen molar-refractivity contribution in [3.8, 4) is 0 Å². The Hall–Kier alpha value is -1.34. The van der Waals surface area contributed by atoms with Gasteiger partial charge in [-0.05, 0) is 19.3 Å². The maximum atomic E-state index is 12.5. The summed E-state index contributed by atoms with van der Waals surface area (Å²) >= 11 is 0. The van der Waals surface area contributed by atoms with Crippen LogP contribution in [0.2, 0.25) is 0 Å². The highest BCUT2D eigenvalue weighted by Gasteiger charge is 2.42. The molecule has 0 aromatic carbocycles. The van der Waals surface area contributed by atoms with Crippen molar-refractivity contribution < 1.29 is 36.6 Å². The molecule has 0 unspecified atom stereocenters. The molecule has 0 aromatic rings. The molecule has 0 radical (unpaired) electrons. The summed E-state index contributed by atoms with van der Waals surface area (Å²) in [5.41, 5.74) is 0. The largest absolute Gasteiger partial charge is 0.462 e. The van der Waals surface area contributed by atoms with Crippen molar-refractivity contribution in [1.82, 2.24) is 0 Å². The van der Waals surface area contributed by atoms with Gasteiger partial charge in [0.05, 0.1) is 0 Å². The second-order valence-electron chi connectivity index (χ2n) is 5.27. The highest BCUT2D eigenvalue weighted by Crippen LogP contribution is 2.23.